The first kappa shape index (κ1) is 18.8. The summed E-state index contributed by atoms with van der Waals surface area (Å²) in [7, 11) is 0. The average molecular weight is 372 g/mol. The van der Waals surface area contributed by atoms with E-state index < -0.39 is 6.10 Å². The fraction of sp³-hybridized carbons (Fsp3) is 0.429. The van der Waals surface area contributed by atoms with E-state index in [9.17, 15) is 14.7 Å². The number of aryl methyl sites for hydroxylation is 1. The van der Waals surface area contributed by atoms with E-state index in [0.717, 1.165) is 28.2 Å². The molecule has 138 valence electrons. The number of likely N-dealkylation sites (tertiary alicyclic amines) is 1. The lowest BCUT2D eigenvalue weighted by atomic mass is 9.87. The van der Waals surface area contributed by atoms with Crippen molar-refractivity contribution < 1.29 is 14.7 Å². The van der Waals surface area contributed by atoms with Crippen LogP contribution in [0.25, 0.3) is 0 Å². The number of Topliss-reactive ketones (excluding diaryl/α,β-unsaturated/α-hetero) is 1. The summed E-state index contributed by atoms with van der Waals surface area (Å²) in [5.74, 6) is 0.266. The van der Waals surface area contributed by atoms with Crippen molar-refractivity contribution in [1.29, 1.82) is 0 Å². The van der Waals surface area contributed by atoms with Crippen LogP contribution in [0.15, 0.2) is 42.5 Å². The van der Waals surface area contributed by atoms with Crippen LogP contribution in [0.1, 0.15) is 51.9 Å². The van der Waals surface area contributed by atoms with Crippen LogP contribution in [0, 0.1) is 12.8 Å². The molecule has 0 aliphatic carbocycles. The lowest BCUT2D eigenvalue weighted by Crippen LogP contribution is -2.39. The predicted molar refractivity (Wildman–Crippen MR) is 103 cm³/mol. The number of aliphatic hydroxyl groups is 1. The molecule has 2 aromatic rings. The molecule has 1 aliphatic heterocycles. The number of piperidine rings is 1. The second-order valence-corrected chi connectivity index (χ2v) is 8.20. The molecular formula is C21H25NO3S. The molecule has 1 fully saturated rings. The van der Waals surface area contributed by atoms with Gasteiger partial charge in [-0.1, -0.05) is 30.3 Å². The van der Waals surface area contributed by atoms with Gasteiger partial charge in [0.2, 0.25) is 5.91 Å². The summed E-state index contributed by atoms with van der Waals surface area (Å²) in [5.41, 5.74) is 0.939. The smallest absolute Gasteiger partial charge is 0.223 e. The third-order valence-corrected chi connectivity index (χ3v) is 6.10. The number of aliphatic hydroxyl groups excluding tert-OH is 1. The maximum Gasteiger partial charge on any atom is 0.223 e. The third kappa shape index (κ3) is 4.59. The van der Waals surface area contributed by atoms with Gasteiger partial charge in [-0.05, 0) is 43.4 Å². The molecule has 0 spiro atoms. The normalized spacial score (nSPS) is 16.5. The number of thiophene rings is 1. The number of ketones is 1. The molecule has 1 saturated heterocycles. The largest absolute Gasteiger partial charge is 0.388 e. The molecule has 1 atom stereocenters. The zero-order chi connectivity index (χ0) is 18.5. The molecule has 1 aromatic carbocycles. The van der Waals surface area contributed by atoms with Crippen LogP contribution in [0.5, 0.6) is 0 Å². The van der Waals surface area contributed by atoms with E-state index in [2.05, 4.69) is 0 Å². The van der Waals surface area contributed by atoms with Crippen molar-refractivity contribution in [3.8, 4) is 0 Å². The molecule has 1 N–H and O–H groups in total. The summed E-state index contributed by atoms with van der Waals surface area (Å²) in [6.45, 7) is 3.28. The van der Waals surface area contributed by atoms with Gasteiger partial charge >= 0.3 is 0 Å². The van der Waals surface area contributed by atoms with Crippen molar-refractivity contribution in [2.75, 3.05) is 13.1 Å². The number of nitrogens with zero attached hydrogens (tertiary/aromatic N) is 1. The molecule has 1 amide bonds. The Kier molecular flexibility index (Phi) is 6.22. The number of hydrogen-bond donors (Lipinski definition) is 1. The van der Waals surface area contributed by atoms with Crippen LogP contribution < -0.4 is 0 Å². The Morgan fingerprint density at radius 2 is 1.81 bits per heavy atom. The van der Waals surface area contributed by atoms with Crippen LogP contribution in [-0.2, 0) is 4.79 Å². The zero-order valence-corrected chi connectivity index (χ0v) is 15.9. The lowest BCUT2D eigenvalue weighted by Gasteiger charge is -2.34. The summed E-state index contributed by atoms with van der Waals surface area (Å²) in [5, 5.41) is 10.5. The Hall–Kier alpha value is -1.98. The van der Waals surface area contributed by atoms with E-state index >= 15 is 0 Å². The van der Waals surface area contributed by atoms with Crippen LogP contribution in [0.2, 0.25) is 0 Å². The van der Waals surface area contributed by atoms with Gasteiger partial charge in [0.15, 0.2) is 5.78 Å². The maximum absolute atomic E-state index is 12.4. The molecule has 1 aromatic heterocycles. The van der Waals surface area contributed by atoms with Crippen LogP contribution in [0.3, 0.4) is 0 Å². The average Bonchev–Trinajstić information content (AvgIpc) is 3.12. The first-order valence-electron chi connectivity index (χ1n) is 9.15. The van der Waals surface area contributed by atoms with Gasteiger partial charge in [0, 0.05) is 30.8 Å². The van der Waals surface area contributed by atoms with Gasteiger partial charge in [0.25, 0.3) is 0 Å². The zero-order valence-electron chi connectivity index (χ0n) is 15.1. The van der Waals surface area contributed by atoms with Crippen molar-refractivity contribution >= 4 is 23.0 Å². The Bertz CT molecular complexity index is 748. The van der Waals surface area contributed by atoms with Crippen LogP contribution in [0.4, 0.5) is 0 Å². The second-order valence-electron chi connectivity index (χ2n) is 6.91. The lowest BCUT2D eigenvalue weighted by molar-refractivity contribution is -0.133. The number of hydrogen-bond acceptors (Lipinski definition) is 4. The first-order valence-corrected chi connectivity index (χ1v) is 9.96. The van der Waals surface area contributed by atoms with Gasteiger partial charge in [-0.25, -0.2) is 0 Å². The molecule has 0 radical (unpaired) electrons. The van der Waals surface area contributed by atoms with Gasteiger partial charge in [-0.2, -0.15) is 0 Å². The number of amides is 1. The fourth-order valence-electron chi connectivity index (χ4n) is 3.47. The summed E-state index contributed by atoms with van der Waals surface area (Å²) < 4.78 is 0. The van der Waals surface area contributed by atoms with Crippen LogP contribution in [-0.4, -0.2) is 34.8 Å². The predicted octanol–water partition coefficient (Wildman–Crippen LogP) is 3.99. The van der Waals surface area contributed by atoms with E-state index in [1.54, 1.807) is 0 Å². The van der Waals surface area contributed by atoms with Crippen molar-refractivity contribution in [3.63, 3.8) is 0 Å². The number of carbonyl (C=O) groups is 2. The highest BCUT2D eigenvalue weighted by Crippen LogP contribution is 2.30. The maximum atomic E-state index is 12.4. The molecule has 2 heterocycles. The highest BCUT2D eigenvalue weighted by Gasteiger charge is 2.28. The van der Waals surface area contributed by atoms with Crippen molar-refractivity contribution in [1.82, 2.24) is 4.90 Å². The Balaban J connectivity index is 1.45. The highest BCUT2D eigenvalue weighted by atomic mass is 32.1. The number of rotatable bonds is 6. The van der Waals surface area contributed by atoms with Crippen LogP contribution >= 0.6 is 11.3 Å². The Morgan fingerprint density at radius 1 is 1.12 bits per heavy atom. The van der Waals surface area contributed by atoms with Gasteiger partial charge < -0.3 is 10.0 Å². The Morgan fingerprint density at radius 3 is 2.42 bits per heavy atom. The van der Waals surface area contributed by atoms with E-state index in [1.807, 2.05) is 54.3 Å². The summed E-state index contributed by atoms with van der Waals surface area (Å²) in [4.78, 5) is 28.2. The molecule has 1 aliphatic rings. The number of carbonyl (C=O) groups excluding carboxylic acids is 2. The first-order chi connectivity index (χ1) is 12.5. The van der Waals surface area contributed by atoms with Crippen molar-refractivity contribution in [2.45, 2.75) is 38.7 Å². The van der Waals surface area contributed by atoms with Crippen molar-refractivity contribution in [3.05, 3.63) is 57.8 Å². The quantitative estimate of drug-likeness (QED) is 0.781. The number of benzene rings is 1. The molecule has 3 rings (SSSR count). The Labute approximate surface area is 158 Å². The molecular weight excluding hydrogens is 346 g/mol. The molecule has 5 heteroatoms. The molecule has 0 saturated carbocycles. The van der Waals surface area contributed by atoms with Crippen molar-refractivity contribution in [2.24, 2.45) is 5.92 Å². The highest BCUT2D eigenvalue weighted by molar-refractivity contribution is 7.14. The minimum absolute atomic E-state index is 0.0410. The van der Waals surface area contributed by atoms with Gasteiger partial charge in [-0.15, -0.1) is 11.3 Å². The fourth-order valence-corrected chi connectivity index (χ4v) is 4.31. The molecule has 1 unspecified atom stereocenters. The molecule has 26 heavy (non-hydrogen) atoms. The summed E-state index contributed by atoms with van der Waals surface area (Å²) in [6, 6.07) is 13.5. The van der Waals surface area contributed by atoms with E-state index in [0.29, 0.717) is 13.1 Å². The minimum Gasteiger partial charge on any atom is -0.388 e. The minimum atomic E-state index is -0.475. The summed E-state index contributed by atoms with van der Waals surface area (Å²) >= 11 is 1.48. The monoisotopic (exact) mass is 371 g/mol. The van der Waals surface area contributed by atoms with Gasteiger partial charge in [0.1, 0.15) is 0 Å². The summed E-state index contributed by atoms with van der Waals surface area (Å²) in [6.07, 6.45) is 1.64. The molecule has 0 bridgehead atoms. The molecule has 4 nitrogen and oxygen atoms in total. The SMILES string of the molecule is Cc1ccc(C(=O)CCC(=O)N2CCC(C(O)c3ccccc3)CC2)s1. The second kappa shape index (κ2) is 8.60. The van der Waals surface area contributed by atoms with E-state index in [1.165, 1.54) is 11.3 Å². The topological polar surface area (TPSA) is 57.6 Å². The van der Waals surface area contributed by atoms with E-state index in [-0.39, 0.29) is 30.4 Å². The van der Waals surface area contributed by atoms with Gasteiger partial charge in [0.05, 0.1) is 11.0 Å². The third-order valence-electron chi connectivity index (χ3n) is 5.06. The standard InChI is InChI=1S/C21H25NO3S/c1-15-7-9-19(26-15)18(23)8-10-20(24)22-13-11-17(12-14-22)21(25)16-5-3-2-4-6-16/h2-7,9,17,21,25H,8,10-14H2,1H3. The van der Waals surface area contributed by atoms with Gasteiger partial charge in [-0.3, -0.25) is 9.59 Å². The van der Waals surface area contributed by atoms with E-state index in [4.69, 9.17) is 0 Å².